The van der Waals surface area contributed by atoms with E-state index in [4.69, 9.17) is 21.1 Å². The zero-order valence-electron chi connectivity index (χ0n) is 18.4. The van der Waals surface area contributed by atoms with Crippen LogP contribution in [0, 0.1) is 0 Å². The summed E-state index contributed by atoms with van der Waals surface area (Å²) in [6.07, 6.45) is 0.711. The summed E-state index contributed by atoms with van der Waals surface area (Å²) in [6, 6.07) is 22.5. The van der Waals surface area contributed by atoms with Crippen molar-refractivity contribution in [2.45, 2.75) is 6.42 Å². The molecule has 0 aliphatic carbocycles. The number of rotatable bonds is 8. The minimum atomic E-state index is -0.155. The van der Waals surface area contributed by atoms with Crippen LogP contribution < -0.4 is 20.1 Å². The molecule has 0 aliphatic rings. The molecule has 4 rings (SSSR count). The predicted octanol–water partition coefficient (Wildman–Crippen LogP) is 5.62. The lowest BCUT2D eigenvalue weighted by Crippen LogP contribution is -2.26. The number of hydrogen-bond acceptors (Lipinski definition) is 5. The number of methoxy groups -OCH3 is 2. The van der Waals surface area contributed by atoms with Gasteiger partial charge in [-0.3, -0.25) is 4.79 Å². The van der Waals surface area contributed by atoms with Crippen LogP contribution in [0.25, 0.3) is 10.9 Å². The monoisotopic (exact) mass is 461 g/mol. The second-order valence-corrected chi connectivity index (χ2v) is 7.84. The number of halogens is 1. The van der Waals surface area contributed by atoms with Gasteiger partial charge >= 0.3 is 0 Å². The van der Waals surface area contributed by atoms with Gasteiger partial charge in [-0.15, -0.1) is 0 Å². The van der Waals surface area contributed by atoms with E-state index in [9.17, 15) is 4.79 Å². The molecule has 4 aromatic rings. The molecule has 7 heteroatoms. The van der Waals surface area contributed by atoms with Crippen LogP contribution in [0.4, 0.5) is 11.5 Å². The summed E-state index contributed by atoms with van der Waals surface area (Å²) >= 11 is 5.94. The predicted molar refractivity (Wildman–Crippen MR) is 132 cm³/mol. The van der Waals surface area contributed by atoms with E-state index in [0.717, 1.165) is 22.2 Å². The molecule has 0 unspecified atom stereocenters. The maximum atomic E-state index is 13.1. The highest BCUT2D eigenvalue weighted by Crippen LogP contribution is 2.31. The first-order valence-electron chi connectivity index (χ1n) is 10.5. The smallest absolute Gasteiger partial charge is 0.252 e. The van der Waals surface area contributed by atoms with Crippen molar-refractivity contribution in [2.24, 2.45) is 0 Å². The second-order valence-electron chi connectivity index (χ2n) is 7.40. The van der Waals surface area contributed by atoms with Crippen molar-refractivity contribution in [1.29, 1.82) is 0 Å². The number of benzene rings is 3. The Morgan fingerprint density at radius 2 is 1.70 bits per heavy atom. The van der Waals surface area contributed by atoms with Crippen molar-refractivity contribution in [2.75, 3.05) is 26.1 Å². The molecular weight excluding hydrogens is 438 g/mol. The van der Waals surface area contributed by atoms with Gasteiger partial charge in [0.1, 0.15) is 5.82 Å². The third kappa shape index (κ3) is 5.35. The third-order valence-electron chi connectivity index (χ3n) is 5.23. The number of hydrogen-bond donors (Lipinski definition) is 2. The van der Waals surface area contributed by atoms with Crippen LogP contribution in [0.3, 0.4) is 0 Å². The van der Waals surface area contributed by atoms with Crippen LogP contribution in [0.5, 0.6) is 11.5 Å². The summed E-state index contributed by atoms with van der Waals surface area (Å²) in [5, 5.41) is 7.77. The maximum Gasteiger partial charge on any atom is 0.252 e. The fourth-order valence-electron chi connectivity index (χ4n) is 3.56. The molecule has 0 spiro atoms. The van der Waals surface area contributed by atoms with Crippen molar-refractivity contribution in [3.63, 3.8) is 0 Å². The Bertz CT molecular complexity index is 1280. The molecule has 33 heavy (non-hydrogen) atoms. The number of anilines is 2. The molecule has 0 atom stereocenters. The summed E-state index contributed by atoms with van der Waals surface area (Å²) in [4.78, 5) is 17.7. The van der Waals surface area contributed by atoms with Gasteiger partial charge in [0, 0.05) is 28.7 Å². The number of ether oxygens (including phenoxy) is 2. The van der Waals surface area contributed by atoms with Gasteiger partial charge in [-0.1, -0.05) is 41.9 Å². The fraction of sp³-hybridized carbons (Fsp3) is 0.154. The number of carbonyl (C=O) groups excluding carboxylic acids is 1. The Morgan fingerprint density at radius 3 is 2.45 bits per heavy atom. The number of fused-ring (bicyclic) bond motifs is 1. The topological polar surface area (TPSA) is 72.5 Å². The fourth-order valence-corrected chi connectivity index (χ4v) is 3.68. The van der Waals surface area contributed by atoms with E-state index < -0.39 is 0 Å². The number of carbonyl (C=O) groups is 1. The van der Waals surface area contributed by atoms with Gasteiger partial charge < -0.3 is 20.1 Å². The number of para-hydroxylation sites is 1. The Kier molecular flexibility index (Phi) is 6.95. The normalized spacial score (nSPS) is 10.6. The van der Waals surface area contributed by atoms with Crippen LogP contribution in [0.2, 0.25) is 5.02 Å². The summed E-state index contributed by atoms with van der Waals surface area (Å²) in [5.74, 6) is 1.64. The van der Waals surface area contributed by atoms with Crippen LogP contribution in [-0.4, -0.2) is 31.7 Å². The number of aromatic nitrogens is 1. The molecule has 6 nitrogen and oxygen atoms in total. The van der Waals surface area contributed by atoms with Gasteiger partial charge in [0.05, 0.1) is 25.3 Å². The molecular formula is C26H24ClN3O3. The quantitative estimate of drug-likeness (QED) is 0.356. The van der Waals surface area contributed by atoms with E-state index >= 15 is 0 Å². The maximum absolute atomic E-state index is 13.1. The summed E-state index contributed by atoms with van der Waals surface area (Å²) < 4.78 is 10.7. The summed E-state index contributed by atoms with van der Waals surface area (Å²) in [7, 11) is 3.18. The first-order chi connectivity index (χ1) is 16.1. The Labute approximate surface area is 197 Å². The lowest BCUT2D eigenvalue weighted by molar-refractivity contribution is 0.0955. The molecule has 0 saturated heterocycles. The zero-order valence-corrected chi connectivity index (χ0v) is 19.1. The molecule has 0 aliphatic heterocycles. The first-order valence-corrected chi connectivity index (χ1v) is 10.9. The zero-order chi connectivity index (χ0) is 23.2. The van der Waals surface area contributed by atoms with Gasteiger partial charge in [-0.05, 0) is 48.4 Å². The highest BCUT2D eigenvalue weighted by Gasteiger charge is 2.14. The van der Waals surface area contributed by atoms with Gasteiger partial charge in [0.15, 0.2) is 11.5 Å². The van der Waals surface area contributed by atoms with Gasteiger partial charge in [-0.25, -0.2) is 4.98 Å². The molecule has 0 fully saturated rings. The average molecular weight is 462 g/mol. The molecule has 0 saturated carbocycles. The Hall–Kier alpha value is -3.77. The van der Waals surface area contributed by atoms with Crippen molar-refractivity contribution in [3.8, 4) is 11.5 Å². The highest BCUT2D eigenvalue weighted by molar-refractivity contribution is 6.30. The first kappa shape index (κ1) is 22.4. The average Bonchev–Trinajstić information content (AvgIpc) is 2.84. The van der Waals surface area contributed by atoms with Crippen LogP contribution in [0.15, 0.2) is 72.8 Å². The van der Waals surface area contributed by atoms with Gasteiger partial charge in [-0.2, -0.15) is 0 Å². The highest BCUT2D eigenvalue weighted by atomic mass is 35.5. The standard InChI is InChI=1S/C26H24ClN3O3/c1-32-23-12-11-19(15-24(23)33-2)29-25-16-21(20-5-3-4-6-22(20)30-25)26(31)28-14-13-17-7-9-18(27)10-8-17/h3-12,15-16H,13-14H2,1-2H3,(H,28,31)(H,29,30). The molecule has 1 aromatic heterocycles. The van der Waals surface area contributed by atoms with Crippen molar-refractivity contribution < 1.29 is 14.3 Å². The summed E-state index contributed by atoms with van der Waals surface area (Å²) in [5.41, 5.74) is 3.16. The molecule has 3 aromatic carbocycles. The van der Waals surface area contributed by atoms with Crippen LogP contribution in [0.1, 0.15) is 15.9 Å². The number of nitrogens with zero attached hydrogens (tertiary/aromatic N) is 1. The van der Waals surface area contributed by atoms with Crippen molar-refractivity contribution >= 4 is 39.9 Å². The largest absolute Gasteiger partial charge is 0.493 e. The van der Waals surface area contributed by atoms with E-state index in [0.29, 0.717) is 40.9 Å². The number of nitrogens with one attached hydrogen (secondary N) is 2. The molecule has 2 N–H and O–H groups in total. The lowest BCUT2D eigenvalue weighted by Gasteiger charge is -2.13. The molecule has 0 bridgehead atoms. The van der Waals surface area contributed by atoms with Gasteiger partial charge in [0.25, 0.3) is 5.91 Å². The summed E-state index contributed by atoms with van der Waals surface area (Å²) in [6.45, 7) is 0.509. The number of pyridine rings is 1. The minimum Gasteiger partial charge on any atom is -0.493 e. The molecule has 0 radical (unpaired) electrons. The van der Waals surface area contributed by atoms with Crippen LogP contribution >= 0.6 is 11.6 Å². The molecule has 1 heterocycles. The lowest BCUT2D eigenvalue weighted by atomic mass is 10.1. The van der Waals surface area contributed by atoms with Gasteiger partial charge in [0.2, 0.25) is 0 Å². The Balaban J connectivity index is 1.56. The van der Waals surface area contributed by atoms with Crippen LogP contribution in [-0.2, 0) is 6.42 Å². The van der Waals surface area contributed by atoms with E-state index in [2.05, 4.69) is 15.6 Å². The third-order valence-corrected chi connectivity index (χ3v) is 5.48. The molecule has 168 valence electrons. The van der Waals surface area contributed by atoms with E-state index in [1.165, 1.54) is 0 Å². The van der Waals surface area contributed by atoms with E-state index in [1.54, 1.807) is 20.3 Å². The second kappa shape index (κ2) is 10.2. The van der Waals surface area contributed by atoms with E-state index in [-0.39, 0.29) is 5.91 Å². The number of amides is 1. The SMILES string of the molecule is COc1ccc(Nc2cc(C(=O)NCCc3ccc(Cl)cc3)c3ccccc3n2)cc1OC. The van der Waals surface area contributed by atoms with Crippen molar-refractivity contribution in [3.05, 3.63) is 88.9 Å². The molecule has 1 amide bonds. The minimum absolute atomic E-state index is 0.155. The Morgan fingerprint density at radius 1 is 0.939 bits per heavy atom. The van der Waals surface area contributed by atoms with Crippen molar-refractivity contribution in [1.82, 2.24) is 10.3 Å². The van der Waals surface area contributed by atoms with E-state index in [1.807, 2.05) is 66.7 Å².